The molecule has 0 spiro atoms. The normalized spacial score (nSPS) is 11.4. The number of nitrogens with zero attached hydrogens (tertiary/aromatic N) is 4. The van der Waals surface area contributed by atoms with Crippen molar-refractivity contribution in [1.82, 2.24) is 19.9 Å². The van der Waals surface area contributed by atoms with Gasteiger partial charge in [0.15, 0.2) is 10.5 Å². The second kappa shape index (κ2) is 8.64. The molecule has 0 aliphatic heterocycles. The first kappa shape index (κ1) is 22.4. The van der Waals surface area contributed by atoms with Gasteiger partial charge in [0.2, 0.25) is 17.7 Å². The number of methoxy groups -OCH3 is 2. The third-order valence-electron chi connectivity index (χ3n) is 4.47. The van der Waals surface area contributed by atoms with Crippen LogP contribution in [0.4, 0.5) is 16.0 Å². The number of pyridine rings is 2. The van der Waals surface area contributed by atoms with Crippen molar-refractivity contribution in [2.75, 3.05) is 24.7 Å². The first-order valence-electron chi connectivity index (χ1n) is 9.21. The third-order valence-corrected chi connectivity index (χ3v) is 6.06. The molecule has 13 heteroatoms. The van der Waals surface area contributed by atoms with Gasteiger partial charge in [0.1, 0.15) is 5.82 Å². The summed E-state index contributed by atoms with van der Waals surface area (Å²) < 4.78 is 53.1. The van der Waals surface area contributed by atoms with Crippen LogP contribution >= 0.6 is 11.6 Å². The zero-order valence-corrected chi connectivity index (χ0v) is 18.8. The lowest BCUT2D eigenvalue weighted by molar-refractivity contribution is 0.385. The predicted octanol–water partition coefficient (Wildman–Crippen LogP) is 3.28. The molecule has 0 saturated carbocycles. The van der Waals surface area contributed by atoms with Crippen LogP contribution in [0, 0.1) is 5.82 Å². The second-order valence-corrected chi connectivity index (χ2v) is 8.77. The summed E-state index contributed by atoms with van der Waals surface area (Å²) in [6.07, 6.45) is 2.71. The number of rotatable bonds is 6. The van der Waals surface area contributed by atoms with Crippen molar-refractivity contribution in [2.24, 2.45) is 0 Å². The van der Waals surface area contributed by atoms with Crippen molar-refractivity contribution < 1.29 is 22.3 Å². The number of hydrogen-bond acceptors (Lipinski definition) is 9. The highest BCUT2D eigenvalue weighted by atomic mass is 35.5. The Bertz CT molecular complexity index is 1490. The van der Waals surface area contributed by atoms with Gasteiger partial charge in [-0.2, -0.15) is 9.97 Å². The van der Waals surface area contributed by atoms with Crippen molar-refractivity contribution in [3.8, 4) is 22.9 Å². The van der Waals surface area contributed by atoms with Gasteiger partial charge in [0.25, 0.3) is 10.0 Å². The highest BCUT2D eigenvalue weighted by Crippen LogP contribution is 2.34. The Morgan fingerprint density at radius 3 is 2.48 bits per heavy atom. The lowest BCUT2D eigenvalue weighted by Gasteiger charge is -2.13. The molecular formula is C20H16ClFN6O4S. The Morgan fingerprint density at radius 2 is 1.76 bits per heavy atom. The van der Waals surface area contributed by atoms with E-state index in [1.807, 2.05) is 0 Å². The minimum absolute atomic E-state index is 0.0400. The maximum Gasteiger partial charge on any atom is 0.267 e. The Labute approximate surface area is 192 Å². The first-order chi connectivity index (χ1) is 15.7. The largest absolute Gasteiger partial charge is 0.480 e. The average molecular weight is 491 g/mol. The van der Waals surface area contributed by atoms with Gasteiger partial charge < -0.3 is 15.2 Å². The quantitative estimate of drug-likeness (QED) is 0.416. The molecule has 0 unspecified atom stereocenters. The van der Waals surface area contributed by atoms with Crippen molar-refractivity contribution in [3.05, 3.63) is 53.6 Å². The maximum absolute atomic E-state index is 14.5. The summed E-state index contributed by atoms with van der Waals surface area (Å²) in [4.78, 5) is 15.8. The van der Waals surface area contributed by atoms with Crippen LogP contribution < -0.4 is 19.9 Å². The van der Waals surface area contributed by atoms with Crippen molar-refractivity contribution in [3.63, 3.8) is 0 Å². The summed E-state index contributed by atoms with van der Waals surface area (Å²) in [5, 5.41) is 0.618. The summed E-state index contributed by atoms with van der Waals surface area (Å²) in [5.41, 5.74) is 6.53. The number of ether oxygens (including phenoxy) is 2. The zero-order valence-electron chi connectivity index (χ0n) is 17.2. The highest BCUT2D eigenvalue weighted by Gasteiger charge is 2.22. The van der Waals surface area contributed by atoms with Gasteiger partial charge in [-0.25, -0.2) is 22.8 Å². The number of hydrogen-bond donors (Lipinski definition) is 2. The van der Waals surface area contributed by atoms with E-state index in [4.69, 9.17) is 26.8 Å². The summed E-state index contributed by atoms with van der Waals surface area (Å²) in [5.74, 6) is -0.681. The van der Waals surface area contributed by atoms with E-state index in [2.05, 4.69) is 24.7 Å². The van der Waals surface area contributed by atoms with E-state index < -0.39 is 15.8 Å². The lowest BCUT2D eigenvalue weighted by Crippen LogP contribution is -2.15. The SMILES string of the molecule is COc1nc2nc(N)ncc2cc1-c1cc(F)cc(NS(=O)(=O)c2cc(Cl)cnc2OC)c1. The van der Waals surface area contributed by atoms with Crippen molar-refractivity contribution >= 4 is 44.3 Å². The smallest absolute Gasteiger partial charge is 0.267 e. The molecule has 0 saturated heterocycles. The first-order valence-corrected chi connectivity index (χ1v) is 11.1. The monoisotopic (exact) mass is 490 g/mol. The van der Waals surface area contributed by atoms with E-state index in [9.17, 15) is 12.8 Å². The Morgan fingerprint density at radius 1 is 1.00 bits per heavy atom. The van der Waals surface area contributed by atoms with E-state index >= 15 is 0 Å². The molecule has 0 radical (unpaired) electrons. The molecule has 0 fully saturated rings. The number of nitrogens with one attached hydrogen (secondary N) is 1. The van der Waals surface area contributed by atoms with Gasteiger partial charge in [-0.05, 0) is 35.9 Å². The molecule has 0 aliphatic rings. The van der Waals surface area contributed by atoms with E-state index in [0.717, 1.165) is 6.07 Å². The van der Waals surface area contributed by atoms with Crippen LogP contribution in [0.1, 0.15) is 0 Å². The molecule has 3 heterocycles. The minimum atomic E-state index is -4.22. The number of halogens is 2. The van der Waals surface area contributed by atoms with Crippen LogP contribution in [0.5, 0.6) is 11.8 Å². The highest BCUT2D eigenvalue weighted by molar-refractivity contribution is 7.92. The van der Waals surface area contributed by atoms with Crippen LogP contribution in [-0.2, 0) is 10.0 Å². The summed E-state index contributed by atoms with van der Waals surface area (Å²) >= 11 is 5.90. The van der Waals surface area contributed by atoms with E-state index in [1.54, 1.807) is 6.07 Å². The van der Waals surface area contributed by atoms with E-state index in [1.165, 1.54) is 44.8 Å². The molecule has 0 bridgehead atoms. The number of fused-ring (bicyclic) bond motifs is 1. The molecule has 4 aromatic rings. The zero-order chi connectivity index (χ0) is 23.8. The molecule has 3 aromatic heterocycles. The third kappa shape index (κ3) is 4.56. The minimum Gasteiger partial charge on any atom is -0.480 e. The average Bonchev–Trinajstić information content (AvgIpc) is 2.77. The fraction of sp³-hybridized carbons (Fsp3) is 0.100. The van der Waals surface area contributed by atoms with Crippen LogP contribution in [-0.4, -0.2) is 42.6 Å². The van der Waals surface area contributed by atoms with Crippen LogP contribution in [0.2, 0.25) is 5.02 Å². The molecule has 33 heavy (non-hydrogen) atoms. The maximum atomic E-state index is 14.5. The van der Waals surface area contributed by atoms with Gasteiger partial charge in [0.05, 0.1) is 24.9 Å². The number of nitrogen functional groups attached to an aromatic ring is 1. The number of sulfonamides is 1. The Balaban J connectivity index is 1.80. The molecule has 4 rings (SSSR count). The number of aromatic nitrogens is 4. The van der Waals surface area contributed by atoms with Gasteiger partial charge in [-0.1, -0.05) is 11.6 Å². The van der Waals surface area contributed by atoms with Gasteiger partial charge in [-0.3, -0.25) is 4.72 Å². The molecule has 0 aliphatic carbocycles. The van der Waals surface area contributed by atoms with E-state index in [0.29, 0.717) is 22.2 Å². The summed E-state index contributed by atoms with van der Waals surface area (Å²) in [7, 11) is -1.56. The lowest BCUT2D eigenvalue weighted by atomic mass is 10.1. The molecule has 0 atom stereocenters. The van der Waals surface area contributed by atoms with E-state index in [-0.39, 0.29) is 33.3 Å². The Kier molecular flexibility index (Phi) is 5.87. The summed E-state index contributed by atoms with van der Waals surface area (Å²) in [6, 6.07) is 6.48. The molecule has 170 valence electrons. The molecule has 0 amide bonds. The predicted molar refractivity (Wildman–Crippen MR) is 120 cm³/mol. The van der Waals surface area contributed by atoms with Crippen molar-refractivity contribution in [2.45, 2.75) is 4.90 Å². The second-order valence-electron chi connectivity index (χ2n) is 6.68. The van der Waals surface area contributed by atoms with Gasteiger partial charge >= 0.3 is 0 Å². The Hall–Kier alpha value is -3.77. The molecule has 1 aromatic carbocycles. The fourth-order valence-corrected chi connectivity index (χ4v) is 4.50. The topological polar surface area (TPSA) is 142 Å². The molecule has 10 nitrogen and oxygen atoms in total. The van der Waals surface area contributed by atoms with Crippen molar-refractivity contribution in [1.29, 1.82) is 0 Å². The van der Waals surface area contributed by atoms with Crippen LogP contribution in [0.15, 0.2) is 47.6 Å². The van der Waals surface area contributed by atoms with Gasteiger partial charge in [0, 0.05) is 23.3 Å². The van der Waals surface area contributed by atoms with Crippen LogP contribution in [0.25, 0.3) is 22.2 Å². The number of nitrogens with two attached hydrogens (primary N) is 1. The fourth-order valence-electron chi connectivity index (χ4n) is 3.09. The van der Waals surface area contributed by atoms with Crippen LogP contribution in [0.3, 0.4) is 0 Å². The van der Waals surface area contributed by atoms with Gasteiger partial charge in [-0.15, -0.1) is 0 Å². The summed E-state index contributed by atoms with van der Waals surface area (Å²) in [6.45, 7) is 0. The molecular weight excluding hydrogens is 475 g/mol. The standard InChI is InChI=1S/C20H16ClFN6O4S/c1-31-18-15(5-11-8-25-20(23)27-17(11)26-18)10-3-13(22)7-14(4-10)28-33(29,30)16-6-12(21)9-24-19(16)32-2/h3-9,28H,1-2H3,(H2,23,25,26,27). The number of anilines is 2. The molecule has 3 N–H and O–H groups in total. The number of benzene rings is 1.